The van der Waals surface area contributed by atoms with E-state index in [1.54, 1.807) is 37.5 Å². The van der Waals surface area contributed by atoms with Crippen LogP contribution in [0, 0.1) is 5.41 Å². The molecule has 4 heteroatoms. The van der Waals surface area contributed by atoms with Crippen molar-refractivity contribution in [1.29, 1.82) is 0 Å². The highest BCUT2D eigenvalue weighted by Gasteiger charge is 2.14. The van der Waals surface area contributed by atoms with Gasteiger partial charge in [0.25, 0.3) is 0 Å². The van der Waals surface area contributed by atoms with Crippen molar-refractivity contribution in [2.24, 2.45) is 5.41 Å². The first-order valence-corrected chi connectivity index (χ1v) is 7.02. The summed E-state index contributed by atoms with van der Waals surface area (Å²) in [7, 11) is 1.59. The quantitative estimate of drug-likeness (QED) is 0.820. The maximum Gasteiger partial charge on any atom is 0.244 e. The van der Waals surface area contributed by atoms with E-state index in [9.17, 15) is 9.90 Å². The van der Waals surface area contributed by atoms with Gasteiger partial charge in [-0.05, 0) is 30.0 Å². The van der Waals surface area contributed by atoms with Crippen LogP contribution < -0.4 is 10.1 Å². The van der Waals surface area contributed by atoms with Crippen molar-refractivity contribution >= 4 is 5.91 Å². The summed E-state index contributed by atoms with van der Waals surface area (Å²) in [4.78, 5) is 11.8. The first-order chi connectivity index (χ1) is 9.74. The lowest BCUT2D eigenvalue weighted by molar-refractivity contribution is -0.117. The Labute approximate surface area is 126 Å². The minimum atomic E-state index is -0.733. The van der Waals surface area contributed by atoms with Crippen molar-refractivity contribution in [3.8, 4) is 5.75 Å². The molecule has 0 saturated carbocycles. The predicted octanol–water partition coefficient (Wildman–Crippen LogP) is 2.84. The zero-order chi connectivity index (χ0) is 16.0. The summed E-state index contributed by atoms with van der Waals surface area (Å²) in [5, 5.41) is 12.8. The van der Waals surface area contributed by atoms with Gasteiger partial charge in [0.1, 0.15) is 5.75 Å². The number of allylic oxidation sites excluding steroid dienone is 1. The number of hydrogen-bond donors (Lipinski definition) is 2. The first-order valence-electron chi connectivity index (χ1n) is 7.02. The molecule has 0 fully saturated rings. The molecule has 1 amide bonds. The van der Waals surface area contributed by atoms with Gasteiger partial charge in [0, 0.05) is 12.6 Å². The number of benzene rings is 1. The van der Waals surface area contributed by atoms with Crippen LogP contribution in [0.4, 0.5) is 0 Å². The number of carbonyl (C=O) groups excluding carboxylic acids is 1. The zero-order valence-corrected chi connectivity index (χ0v) is 13.4. The van der Waals surface area contributed by atoms with Crippen LogP contribution in [0.2, 0.25) is 0 Å². The minimum absolute atomic E-state index is 0.0358. The number of rotatable bonds is 5. The second kappa shape index (κ2) is 7.27. The molecule has 0 aliphatic heterocycles. The van der Waals surface area contributed by atoms with Crippen molar-refractivity contribution in [2.75, 3.05) is 13.7 Å². The lowest BCUT2D eigenvalue weighted by Gasteiger charge is -2.19. The van der Waals surface area contributed by atoms with Gasteiger partial charge in [0.2, 0.25) is 5.91 Å². The van der Waals surface area contributed by atoms with E-state index in [0.29, 0.717) is 0 Å². The topological polar surface area (TPSA) is 58.6 Å². The second-order valence-corrected chi connectivity index (χ2v) is 6.11. The highest BCUT2D eigenvalue weighted by Crippen LogP contribution is 2.24. The summed E-state index contributed by atoms with van der Waals surface area (Å²) in [6, 6.07) is 7.13. The molecule has 0 aromatic heterocycles. The summed E-state index contributed by atoms with van der Waals surface area (Å²) in [5.41, 5.74) is 1.71. The highest BCUT2D eigenvalue weighted by atomic mass is 16.5. The number of carbonyl (C=O) groups is 1. The molecule has 4 nitrogen and oxygen atoms in total. The van der Waals surface area contributed by atoms with Crippen LogP contribution in [0.5, 0.6) is 5.75 Å². The van der Waals surface area contributed by atoms with Crippen molar-refractivity contribution in [3.05, 3.63) is 41.5 Å². The van der Waals surface area contributed by atoms with Crippen LogP contribution in [0.1, 0.15) is 39.4 Å². The Balaban J connectivity index is 2.56. The average molecular weight is 291 g/mol. The number of nitrogens with one attached hydrogen (secondary N) is 1. The second-order valence-electron chi connectivity index (χ2n) is 6.11. The standard InChI is InChI=1S/C17H25NO3/c1-12(17(2,3)4)10-16(20)18-11-15(19)13-6-8-14(21-5)9-7-13/h6-10,15,19H,11H2,1-5H3,(H,18,20)/b12-10-. The molecule has 1 aromatic carbocycles. The molecule has 21 heavy (non-hydrogen) atoms. The Bertz CT molecular complexity index is 498. The molecule has 0 saturated heterocycles. The highest BCUT2D eigenvalue weighted by molar-refractivity contribution is 5.88. The van der Waals surface area contributed by atoms with Gasteiger partial charge in [-0.2, -0.15) is 0 Å². The van der Waals surface area contributed by atoms with Gasteiger partial charge in [-0.25, -0.2) is 0 Å². The first kappa shape index (κ1) is 17.2. The Kier molecular flexibility index (Phi) is 5.97. The van der Waals surface area contributed by atoms with Gasteiger partial charge in [-0.15, -0.1) is 0 Å². The third kappa shape index (κ3) is 5.60. The molecule has 1 unspecified atom stereocenters. The summed E-state index contributed by atoms with van der Waals surface area (Å²) in [6.45, 7) is 8.27. The third-order valence-corrected chi connectivity index (χ3v) is 3.50. The molecule has 0 bridgehead atoms. The Morgan fingerprint density at radius 2 is 1.90 bits per heavy atom. The fourth-order valence-corrected chi connectivity index (χ4v) is 1.61. The lowest BCUT2D eigenvalue weighted by Crippen LogP contribution is -2.27. The van der Waals surface area contributed by atoms with Gasteiger partial charge in [-0.3, -0.25) is 4.79 Å². The summed E-state index contributed by atoms with van der Waals surface area (Å²) in [5.74, 6) is 0.550. The molecule has 116 valence electrons. The molecule has 0 spiro atoms. The normalized spacial score (nSPS) is 13.7. The predicted molar refractivity (Wildman–Crippen MR) is 84.2 cm³/mol. The zero-order valence-electron chi connectivity index (χ0n) is 13.4. The average Bonchev–Trinajstić information content (AvgIpc) is 2.43. The number of hydrogen-bond acceptors (Lipinski definition) is 3. The van der Waals surface area contributed by atoms with Gasteiger partial charge in [0.05, 0.1) is 13.2 Å². The van der Waals surface area contributed by atoms with Crippen molar-refractivity contribution in [1.82, 2.24) is 5.32 Å². The van der Waals surface area contributed by atoms with Crippen LogP contribution in [0.15, 0.2) is 35.9 Å². The maximum absolute atomic E-state index is 11.8. The summed E-state index contributed by atoms with van der Waals surface area (Å²) in [6.07, 6.45) is 0.851. The van der Waals surface area contributed by atoms with E-state index in [1.807, 2.05) is 6.92 Å². The molecule has 0 aliphatic carbocycles. The number of amides is 1. The van der Waals surface area contributed by atoms with Crippen LogP contribution >= 0.6 is 0 Å². The molecular weight excluding hydrogens is 266 g/mol. The smallest absolute Gasteiger partial charge is 0.244 e. The number of aliphatic hydroxyl groups is 1. The van der Waals surface area contributed by atoms with Crippen molar-refractivity contribution in [3.63, 3.8) is 0 Å². The van der Waals surface area contributed by atoms with Crippen LogP contribution in [-0.2, 0) is 4.79 Å². The number of methoxy groups -OCH3 is 1. The molecule has 0 aliphatic rings. The molecule has 2 N–H and O–H groups in total. The van der Waals surface area contributed by atoms with Crippen LogP contribution in [0.3, 0.4) is 0 Å². The third-order valence-electron chi connectivity index (χ3n) is 3.50. The molecular formula is C17H25NO3. The van der Waals surface area contributed by atoms with E-state index >= 15 is 0 Å². The van der Waals surface area contributed by atoms with Crippen molar-refractivity contribution < 1.29 is 14.6 Å². The van der Waals surface area contributed by atoms with E-state index in [-0.39, 0.29) is 17.9 Å². The van der Waals surface area contributed by atoms with Crippen LogP contribution in [0.25, 0.3) is 0 Å². The van der Waals surface area contributed by atoms with Gasteiger partial charge in [0.15, 0.2) is 0 Å². The SMILES string of the molecule is COc1ccc(C(O)CNC(=O)/C=C(/C)C(C)(C)C)cc1. The summed E-state index contributed by atoms with van der Waals surface area (Å²) >= 11 is 0. The van der Waals surface area contributed by atoms with Crippen LogP contribution in [-0.4, -0.2) is 24.7 Å². The fourth-order valence-electron chi connectivity index (χ4n) is 1.61. The largest absolute Gasteiger partial charge is 0.497 e. The molecule has 1 rings (SSSR count). The van der Waals surface area contributed by atoms with Crippen molar-refractivity contribution in [2.45, 2.75) is 33.8 Å². The van der Waals surface area contributed by atoms with E-state index in [0.717, 1.165) is 16.9 Å². The molecule has 0 radical (unpaired) electrons. The molecule has 0 heterocycles. The molecule has 1 aromatic rings. The monoisotopic (exact) mass is 291 g/mol. The fraction of sp³-hybridized carbons (Fsp3) is 0.471. The number of ether oxygens (including phenoxy) is 1. The maximum atomic E-state index is 11.8. The Morgan fingerprint density at radius 3 is 2.38 bits per heavy atom. The van der Waals surface area contributed by atoms with Gasteiger partial charge >= 0.3 is 0 Å². The van der Waals surface area contributed by atoms with E-state index in [1.165, 1.54) is 0 Å². The minimum Gasteiger partial charge on any atom is -0.497 e. The Morgan fingerprint density at radius 1 is 1.33 bits per heavy atom. The lowest BCUT2D eigenvalue weighted by atomic mass is 9.87. The summed E-state index contributed by atoms with van der Waals surface area (Å²) < 4.78 is 5.06. The van der Waals surface area contributed by atoms with E-state index in [2.05, 4.69) is 26.1 Å². The van der Waals surface area contributed by atoms with Gasteiger partial charge in [-0.1, -0.05) is 38.5 Å². The van der Waals surface area contributed by atoms with E-state index in [4.69, 9.17) is 4.74 Å². The van der Waals surface area contributed by atoms with Gasteiger partial charge < -0.3 is 15.2 Å². The molecule has 1 atom stereocenters. The van der Waals surface area contributed by atoms with E-state index < -0.39 is 6.10 Å². The number of aliphatic hydroxyl groups excluding tert-OH is 1. The Hall–Kier alpha value is -1.81.